The van der Waals surface area contributed by atoms with Gasteiger partial charge in [-0.15, -0.1) is 0 Å². The Morgan fingerprint density at radius 2 is 1.71 bits per heavy atom. The van der Waals surface area contributed by atoms with E-state index in [1.54, 1.807) is 20.4 Å². The van der Waals surface area contributed by atoms with Crippen molar-refractivity contribution < 1.29 is 4.74 Å². The largest absolute Gasteiger partial charge is 0.496 e. The lowest BCUT2D eigenvalue weighted by molar-refractivity contribution is 0.406. The molecule has 4 rings (SSSR count). The number of rotatable bonds is 4. The van der Waals surface area contributed by atoms with Crippen LogP contribution in [-0.4, -0.2) is 31.2 Å². The fourth-order valence-electron chi connectivity index (χ4n) is 3.64. The zero-order chi connectivity index (χ0) is 22.3. The van der Waals surface area contributed by atoms with Crippen LogP contribution in [-0.2, 0) is 13.6 Å². The minimum atomic E-state index is -0.466. The van der Waals surface area contributed by atoms with Crippen molar-refractivity contribution in [1.82, 2.24) is 24.1 Å². The number of hydrogen-bond donors (Lipinski definition) is 0. The summed E-state index contributed by atoms with van der Waals surface area (Å²) in [6, 6.07) is 7.75. The number of methoxy groups -OCH3 is 1. The highest BCUT2D eigenvalue weighted by atomic mass is 16.5. The van der Waals surface area contributed by atoms with Crippen LogP contribution in [0.3, 0.4) is 0 Å². The summed E-state index contributed by atoms with van der Waals surface area (Å²) in [6.45, 7) is 5.79. The third-order valence-electron chi connectivity index (χ3n) is 5.45. The van der Waals surface area contributed by atoms with E-state index in [-0.39, 0.29) is 11.9 Å². The normalized spacial score (nSPS) is 11.1. The fraction of sp³-hybridized carbons (Fsp3) is 0.261. The zero-order valence-electron chi connectivity index (χ0n) is 18.1. The molecule has 0 spiro atoms. The van der Waals surface area contributed by atoms with Crippen molar-refractivity contribution >= 4 is 11.0 Å². The molecule has 0 atom stereocenters. The molecule has 0 unspecified atom stereocenters. The van der Waals surface area contributed by atoms with Gasteiger partial charge in [-0.3, -0.25) is 18.9 Å². The van der Waals surface area contributed by atoms with Crippen LogP contribution in [0.4, 0.5) is 0 Å². The maximum atomic E-state index is 13.1. The number of aryl methyl sites for hydroxylation is 3. The summed E-state index contributed by atoms with van der Waals surface area (Å²) in [7, 11) is 3.19. The van der Waals surface area contributed by atoms with Gasteiger partial charge in [0.2, 0.25) is 0 Å². The van der Waals surface area contributed by atoms with Crippen LogP contribution in [0.2, 0.25) is 0 Å². The van der Waals surface area contributed by atoms with Crippen molar-refractivity contribution in [2.24, 2.45) is 7.05 Å². The molecule has 3 heterocycles. The van der Waals surface area contributed by atoms with Gasteiger partial charge < -0.3 is 4.74 Å². The first-order valence-corrected chi connectivity index (χ1v) is 9.84. The van der Waals surface area contributed by atoms with Gasteiger partial charge in [0.25, 0.3) is 5.56 Å². The Morgan fingerprint density at radius 3 is 2.39 bits per heavy atom. The molecule has 4 aromatic rings. The number of aromatic nitrogens is 5. The molecule has 0 bridgehead atoms. The average molecular weight is 417 g/mol. The minimum absolute atomic E-state index is 0.0314. The number of ether oxygens (including phenoxy) is 1. The molecule has 1 aromatic carbocycles. The molecule has 31 heavy (non-hydrogen) atoms. The van der Waals surface area contributed by atoms with E-state index in [0.29, 0.717) is 22.9 Å². The molecule has 0 radical (unpaired) electrons. The molecule has 8 heteroatoms. The second-order valence-electron chi connectivity index (χ2n) is 7.58. The Bertz CT molecular complexity index is 1420. The molecular formula is C23H23N5O3. The van der Waals surface area contributed by atoms with Crippen molar-refractivity contribution in [2.45, 2.75) is 27.3 Å². The van der Waals surface area contributed by atoms with Gasteiger partial charge in [0.15, 0.2) is 11.5 Å². The molecule has 0 fully saturated rings. The maximum Gasteiger partial charge on any atom is 0.332 e. The number of hydrogen-bond acceptors (Lipinski definition) is 6. The molecule has 0 saturated heterocycles. The van der Waals surface area contributed by atoms with Crippen molar-refractivity contribution in [3.05, 3.63) is 79.9 Å². The molecular weight excluding hydrogens is 394 g/mol. The van der Waals surface area contributed by atoms with Crippen LogP contribution in [0.1, 0.15) is 22.4 Å². The molecule has 8 nitrogen and oxygen atoms in total. The van der Waals surface area contributed by atoms with Crippen LogP contribution >= 0.6 is 0 Å². The number of fused-ring (bicyclic) bond motifs is 1. The van der Waals surface area contributed by atoms with Gasteiger partial charge in [-0.1, -0.05) is 29.8 Å². The van der Waals surface area contributed by atoms with Gasteiger partial charge in [-0.2, -0.15) is 0 Å². The van der Waals surface area contributed by atoms with Crippen LogP contribution < -0.4 is 16.0 Å². The SMILES string of the molecule is COc1c(C)cnc(Cn2c(=O)c3cnc(-c4ccc(C)cc4)nc3n(C)c2=O)c1C. The monoisotopic (exact) mass is 417 g/mol. The van der Waals surface area contributed by atoms with Crippen LogP contribution in [0.15, 0.2) is 46.2 Å². The van der Waals surface area contributed by atoms with Gasteiger partial charge in [0.05, 0.1) is 19.3 Å². The quantitative estimate of drug-likeness (QED) is 0.507. The van der Waals surface area contributed by atoms with Crippen LogP contribution in [0.25, 0.3) is 22.4 Å². The molecule has 158 valence electrons. The van der Waals surface area contributed by atoms with Crippen LogP contribution in [0, 0.1) is 20.8 Å². The van der Waals surface area contributed by atoms with E-state index < -0.39 is 11.2 Å². The molecule has 0 N–H and O–H groups in total. The number of pyridine rings is 1. The summed E-state index contributed by atoms with van der Waals surface area (Å²) in [4.78, 5) is 39.5. The first kappa shape index (κ1) is 20.5. The van der Waals surface area contributed by atoms with Crippen molar-refractivity contribution in [3.63, 3.8) is 0 Å². The van der Waals surface area contributed by atoms with Gasteiger partial charge in [-0.05, 0) is 20.8 Å². The van der Waals surface area contributed by atoms with E-state index in [2.05, 4.69) is 15.0 Å². The predicted octanol–water partition coefficient (Wildman–Crippen LogP) is 2.53. The minimum Gasteiger partial charge on any atom is -0.496 e. The average Bonchev–Trinajstić information content (AvgIpc) is 2.77. The summed E-state index contributed by atoms with van der Waals surface area (Å²) >= 11 is 0. The predicted molar refractivity (Wildman–Crippen MR) is 119 cm³/mol. The summed E-state index contributed by atoms with van der Waals surface area (Å²) in [6.07, 6.45) is 3.15. The second kappa shape index (κ2) is 7.79. The van der Waals surface area contributed by atoms with E-state index in [1.807, 2.05) is 45.0 Å². The first-order valence-electron chi connectivity index (χ1n) is 9.84. The van der Waals surface area contributed by atoms with Gasteiger partial charge >= 0.3 is 5.69 Å². The summed E-state index contributed by atoms with van der Waals surface area (Å²) in [5, 5.41) is 0.273. The van der Waals surface area contributed by atoms with Crippen molar-refractivity contribution in [2.75, 3.05) is 7.11 Å². The second-order valence-corrected chi connectivity index (χ2v) is 7.58. The van der Waals surface area contributed by atoms with Gasteiger partial charge in [0, 0.05) is 36.1 Å². The molecule has 0 aliphatic heterocycles. The summed E-state index contributed by atoms with van der Waals surface area (Å²) in [5.41, 5.74) is 3.59. The molecule has 3 aromatic heterocycles. The number of nitrogens with zero attached hydrogens (tertiary/aromatic N) is 5. The summed E-state index contributed by atoms with van der Waals surface area (Å²) in [5.74, 6) is 1.15. The van der Waals surface area contributed by atoms with Gasteiger partial charge in [0.1, 0.15) is 11.1 Å². The summed E-state index contributed by atoms with van der Waals surface area (Å²) < 4.78 is 7.97. The Labute approximate surface area is 178 Å². The molecule has 0 saturated carbocycles. The van der Waals surface area contributed by atoms with Crippen molar-refractivity contribution in [1.29, 1.82) is 0 Å². The topological polar surface area (TPSA) is 91.9 Å². The Balaban J connectivity index is 1.86. The van der Waals surface area contributed by atoms with E-state index in [1.165, 1.54) is 10.8 Å². The lowest BCUT2D eigenvalue weighted by Gasteiger charge is -2.14. The van der Waals surface area contributed by atoms with Crippen molar-refractivity contribution in [3.8, 4) is 17.1 Å². The lowest BCUT2D eigenvalue weighted by Crippen LogP contribution is -2.40. The molecule has 0 aliphatic rings. The lowest BCUT2D eigenvalue weighted by atomic mass is 10.1. The van der Waals surface area contributed by atoms with E-state index >= 15 is 0 Å². The van der Waals surface area contributed by atoms with E-state index in [0.717, 1.165) is 26.8 Å². The Kier molecular flexibility index (Phi) is 5.14. The number of benzene rings is 1. The highest BCUT2D eigenvalue weighted by molar-refractivity contribution is 5.75. The van der Waals surface area contributed by atoms with E-state index in [4.69, 9.17) is 4.74 Å². The van der Waals surface area contributed by atoms with E-state index in [9.17, 15) is 9.59 Å². The standard InChI is InChI=1S/C23H23N5O3/c1-13-6-8-16(9-7-13)20-25-11-17-21(26-20)27(4)23(30)28(22(17)29)12-18-15(3)19(31-5)14(2)10-24-18/h6-11H,12H2,1-5H3. The van der Waals surface area contributed by atoms with Gasteiger partial charge in [-0.25, -0.2) is 14.8 Å². The molecule has 0 aliphatic carbocycles. The molecule has 0 amide bonds. The van der Waals surface area contributed by atoms with Crippen LogP contribution in [0.5, 0.6) is 5.75 Å². The Hall–Kier alpha value is -3.81. The smallest absolute Gasteiger partial charge is 0.332 e. The highest BCUT2D eigenvalue weighted by Crippen LogP contribution is 2.24. The third kappa shape index (κ3) is 3.50. The fourth-order valence-corrected chi connectivity index (χ4v) is 3.64. The highest BCUT2D eigenvalue weighted by Gasteiger charge is 2.17. The first-order chi connectivity index (χ1) is 14.8. The maximum absolute atomic E-state index is 13.1. The zero-order valence-corrected chi connectivity index (χ0v) is 18.1. The Morgan fingerprint density at radius 1 is 1.00 bits per heavy atom. The third-order valence-corrected chi connectivity index (χ3v) is 5.45.